The number of nitrogens with two attached hydrogens (primary N) is 1. The Bertz CT molecular complexity index is 1700. The second-order valence-electron chi connectivity index (χ2n) is 11.9. The first-order valence-corrected chi connectivity index (χ1v) is 14.9. The molecule has 12 nitrogen and oxygen atoms in total. The van der Waals surface area contributed by atoms with E-state index in [4.69, 9.17) is 24.7 Å². The van der Waals surface area contributed by atoms with E-state index in [1.807, 2.05) is 30.3 Å². The molecule has 1 saturated heterocycles. The maximum absolute atomic E-state index is 13.8. The van der Waals surface area contributed by atoms with Gasteiger partial charge in [-0.1, -0.05) is 42.5 Å². The van der Waals surface area contributed by atoms with Crippen molar-refractivity contribution in [1.29, 1.82) is 0 Å². The number of rotatable bonds is 8. The van der Waals surface area contributed by atoms with Gasteiger partial charge in [0, 0.05) is 42.0 Å². The molecule has 0 amide bonds. The van der Waals surface area contributed by atoms with Gasteiger partial charge in [-0.3, -0.25) is 14.4 Å². The summed E-state index contributed by atoms with van der Waals surface area (Å²) in [4.78, 5) is 40.3. The van der Waals surface area contributed by atoms with Crippen LogP contribution < -0.4 is 10.5 Å². The third-order valence-electron chi connectivity index (χ3n) is 9.06. The Morgan fingerprint density at radius 3 is 2.41 bits per heavy atom. The van der Waals surface area contributed by atoms with Gasteiger partial charge in [-0.25, -0.2) is 0 Å². The van der Waals surface area contributed by atoms with Crippen LogP contribution in [0.3, 0.4) is 0 Å². The summed E-state index contributed by atoms with van der Waals surface area (Å²) in [5.74, 6) is -3.68. The van der Waals surface area contributed by atoms with E-state index in [2.05, 4.69) is 0 Å². The molecule has 1 heterocycles. The first-order valence-electron chi connectivity index (χ1n) is 14.9. The van der Waals surface area contributed by atoms with Crippen molar-refractivity contribution in [3.8, 4) is 17.2 Å². The molecule has 0 spiro atoms. The van der Waals surface area contributed by atoms with Crippen molar-refractivity contribution in [3.63, 3.8) is 0 Å². The summed E-state index contributed by atoms with van der Waals surface area (Å²) in [6.07, 6.45) is -4.26. The van der Waals surface area contributed by atoms with Gasteiger partial charge in [0.1, 0.15) is 29.5 Å². The van der Waals surface area contributed by atoms with Crippen LogP contribution in [0.1, 0.15) is 74.4 Å². The molecule has 46 heavy (non-hydrogen) atoms. The number of phenols is 2. The average Bonchev–Trinajstić information content (AvgIpc) is 3.04. The van der Waals surface area contributed by atoms with Crippen LogP contribution in [-0.2, 0) is 32.0 Å². The molecule has 1 fully saturated rings. The van der Waals surface area contributed by atoms with E-state index < -0.39 is 95.7 Å². The van der Waals surface area contributed by atoms with Gasteiger partial charge in [0.15, 0.2) is 17.9 Å². The number of carbonyl (C=O) groups is 3. The third-order valence-corrected chi connectivity index (χ3v) is 9.06. The van der Waals surface area contributed by atoms with Crippen LogP contribution >= 0.6 is 0 Å². The molecule has 6 rings (SSSR count). The monoisotopic (exact) mass is 633 g/mol. The highest BCUT2D eigenvalue weighted by molar-refractivity contribution is 6.31. The lowest BCUT2D eigenvalue weighted by Gasteiger charge is -2.43. The molecule has 0 bridgehead atoms. The lowest BCUT2D eigenvalue weighted by molar-refractivity contribution is -0.254. The highest BCUT2D eigenvalue weighted by Gasteiger charge is 2.50. The van der Waals surface area contributed by atoms with Crippen molar-refractivity contribution in [2.75, 3.05) is 13.7 Å². The number of ether oxygens (including phenoxy) is 4. The summed E-state index contributed by atoms with van der Waals surface area (Å²) in [7, 11) is 1.34. The van der Waals surface area contributed by atoms with Gasteiger partial charge in [0.05, 0.1) is 48.7 Å². The Morgan fingerprint density at radius 1 is 1.02 bits per heavy atom. The van der Waals surface area contributed by atoms with Crippen LogP contribution in [-0.4, -0.2) is 81.6 Å². The highest BCUT2D eigenvalue weighted by Crippen LogP contribution is 2.52. The van der Waals surface area contributed by atoms with Gasteiger partial charge in [0.2, 0.25) is 5.78 Å². The zero-order valence-electron chi connectivity index (χ0n) is 25.3. The molecule has 6 atom stereocenters. The topological polar surface area (TPSA) is 195 Å². The fourth-order valence-electron chi connectivity index (χ4n) is 6.77. The van der Waals surface area contributed by atoms with Crippen molar-refractivity contribution in [2.24, 2.45) is 5.73 Å². The molecular formula is C34H35NO11. The molecule has 3 aromatic carbocycles. The number of fused-ring (bicyclic) bond motifs is 3. The van der Waals surface area contributed by atoms with Gasteiger partial charge in [0.25, 0.3) is 0 Å². The summed E-state index contributed by atoms with van der Waals surface area (Å²) in [6.45, 7) is 1.06. The SMILES string of the molecule is COc1cccc2c1C(=O)c1c(O)c3c(c(O)c1C2=O)C[C@@](O)(C(=O)CO)C[C@@H]3O[C@H]1C[C@H](N)[C@H](OCc2ccccc2)[C@H](C)O1. The summed E-state index contributed by atoms with van der Waals surface area (Å²) >= 11 is 0. The second-order valence-corrected chi connectivity index (χ2v) is 11.9. The molecule has 1 aliphatic heterocycles. The smallest absolute Gasteiger partial charge is 0.202 e. The summed E-state index contributed by atoms with van der Waals surface area (Å²) in [5.41, 5.74) is 3.93. The molecule has 2 aliphatic carbocycles. The maximum Gasteiger partial charge on any atom is 0.202 e. The zero-order chi connectivity index (χ0) is 32.9. The lowest BCUT2D eigenvalue weighted by atomic mass is 9.72. The Balaban J connectivity index is 1.36. The van der Waals surface area contributed by atoms with Gasteiger partial charge in [-0.2, -0.15) is 0 Å². The van der Waals surface area contributed by atoms with Crippen molar-refractivity contribution < 1.29 is 53.8 Å². The summed E-state index contributed by atoms with van der Waals surface area (Å²) < 4.78 is 23.7. The third kappa shape index (κ3) is 5.26. The van der Waals surface area contributed by atoms with Crippen molar-refractivity contribution in [1.82, 2.24) is 0 Å². The Kier molecular flexibility index (Phi) is 8.44. The van der Waals surface area contributed by atoms with Crippen LogP contribution in [0.25, 0.3) is 0 Å². The molecule has 0 aromatic heterocycles. The van der Waals surface area contributed by atoms with Crippen LogP contribution in [0.15, 0.2) is 48.5 Å². The minimum atomic E-state index is -2.24. The molecule has 0 radical (unpaired) electrons. The molecule has 242 valence electrons. The van der Waals surface area contributed by atoms with E-state index in [9.17, 15) is 34.8 Å². The molecule has 12 heteroatoms. The Hall–Kier alpha value is -4.17. The van der Waals surface area contributed by atoms with Gasteiger partial charge >= 0.3 is 0 Å². The molecule has 0 saturated carbocycles. The lowest BCUT2D eigenvalue weighted by Crippen LogP contribution is -2.54. The van der Waals surface area contributed by atoms with E-state index in [-0.39, 0.29) is 34.4 Å². The number of phenolic OH excluding ortho intramolecular Hbond substituents is 2. The molecule has 6 N–H and O–H groups in total. The van der Waals surface area contributed by atoms with Gasteiger partial charge in [-0.05, 0) is 18.6 Å². The molecular weight excluding hydrogens is 598 g/mol. The van der Waals surface area contributed by atoms with Crippen LogP contribution in [0.2, 0.25) is 0 Å². The number of methoxy groups -OCH3 is 1. The number of ketones is 3. The quantitative estimate of drug-likeness (QED) is 0.178. The second kappa shape index (κ2) is 12.2. The fraction of sp³-hybridized carbons (Fsp3) is 0.382. The minimum Gasteiger partial charge on any atom is -0.507 e. The number of aromatic hydroxyl groups is 2. The number of carbonyl (C=O) groups excluding carboxylic acids is 3. The number of Topliss-reactive ketones (excluding diaryl/α,β-unsaturated/α-hetero) is 1. The molecule has 3 aromatic rings. The van der Waals surface area contributed by atoms with E-state index in [0.717, 1.165) is 5.56 Å². The number of aliphatic hydroxyl groups excluding tert-OH is 1. The predicted octanol–water partition coefficient (Wildman–Crippen LogP) is 2.23. The van der Waals surface area contributed by atoms with E-state index in [0.29, 0.717) is 6.61 Å². The van der Waals surface area contributed by atoms with Crippen LogP contribution in [0.5, 0.6) is 17.2 Å². The fourth-order valence-corrected chi connectivity index (χ4v) is 6.77. The normalized spacial score (nSPS) is 27.0. The Morgan fingerprint density at radius 2 is 1.74 bits per heavy atom. The van der Waals surface area contributed by atoms with Crippen LogP contribution in [0.4, 0.5) is 0 Å². The predicted molar refractivity (Wildman–Crippen MR) is 161 cm³/mol. The number of hydrogen-bond donors (Lipinski definition) is 5. The first kappa shape index (κ1) is 31.8. The summed E-state index contributed by atoms with van der Waals surface area (Å²) in [5, 5.41) is 44.3. The summed E-state index contributed by atoms with van der Waals surface area (Å²) in [6, 6.07) is 13.4. The van der Waals surface area contributed by atoms with Crippen molar-refractivity contribution in [3.05, 3.63) is 87.5 Å². The number of benzene rings is 3. The Labute approximate surface area is 264 Å². The van der Waals surface area contributed by atoms with E-state index >= 15 is 0 Å². The average molecular weight is 634 g/mol. The number of hydrogen-bond acceptors (Lipinski definition) is 12. The van der Waals surface area contributed by atoms with E-state index in [1.165, 1.54) is 25.3 Å². The number of aliphatic hydroxyl groups is 2. The van der Waals surface area contributed by atoms with Crippen LogP contribution in [0, 0.1) is 0 Å². The van der Waals surface area contributed by atoms with Gasteiger partial charge in [-0.15, -0.1) is 0 Å². The van der Waals surface area contributed by atoms with E-state index in [1.54, 1.807) is 6.92 Å². The standard InChI is InChI=1S/C34H35NO11/c1-16-33(44-15-17-7-4-3-5-8-17)20(35)11-24(45-16)46-22-13-34(42,23(37)14-36)12-19-26(22)32(41)28-27(30(19)39)29(38)18-9-6-10-21(43-2)25(18)31(28)40/h3-10,16,20,22,24,33,36,39,41-42H,11-15,35H2,1-2H3/t16-,20-,22-,24-,33+,34-/m0/s1. The highest BCUT2D eigenvalue weighted by atomic mass is 16.7. The van der Waals surface area contributed by atoms with Crippen molar-refractivity contribution in [2.45, 2.75) is 69.0 Å². The van der Waals surface area contributed by atoms with Crippen molar-refractivity contribution >= 4 is 17.3 Å². The first-order chi connectivity index (χ1) is 22.0. The largest absolute Gasteiger partial charge is 0.507 e. The minimum absolute atomic E-state index is 0.0422. The van der Waals surface area contributed by atoms with Gasteiger partial charge < -0.3 is 45.1 Å². The zero-order valence-corrected chi connectivity index (χ0v) is 25.3. The maximum atomic E-state index is 13.8. The molecule has 0 unspecified atom stereocenters. The molecule has 3 aliphatic rings.